The molecule has 0 aliphatic carbocycles. The second kappa shape index (κ2) is 9.77. The van der Waals surface area contributed by atoms with Crippen LogP contribution in [0.5, 0.6) is 5.75 Å². The second-order valence-electron chi connectivity index (χ2n) is 8.30. The number of nitrogens with zero attached hydrogens (tertiary/aromatic N) is 4. The summed E-state index contributed by atoms with van der Waals surface area (Å²) in [5.74, 6) is 2.42. The van der Waals surface area contributed by atoms with E-state index in [4.69, 9.17) is 13.6 Å². The minimum atomic E-state index is 0.00736. The number of ether oxygens (including phenoxy) is 1. The maximum absolute atomic E-state index is 12.9. The molecule has 0 N–H and O–H groups in total. The minimum absolute atomic E-state index is 0.00736. The van der Waals surface area contributed by atoms with Gasteiger partial charge < -0.3 is 23.4 Å². The average Bonchev–Trinajstić information content (AvgIpc) is 3.55. The van der Waals surface area contributed by atoms with Crippen LogP contribution in [0.2, 0.25) is 0 Å². The molecule has 2 aromatic heterocycles. The second-order valence-corrected chi connectivity index (χ2v) is 8.30. The molecule has 1 saturated heterocycles. The molecule has 0 unspecified atom stereocenters. The Morgan fingerprint density at radius 1 is 1.03 bits per heavy atom. The molecule has 1 aliphatic rings. The lowest BCUT2D eigenvalue weighted by Gasteiger charge is -2.34. The normalized spacial score (nSPS) is 13.5. The maximum Gasteiger partial charge on any atom is 0.266 e. The van der Waals surface area contributed by atoms with Gasteiger partial charge in [-0.2, -0.15) is 10.2 Å². The third-order valence-corrected chi connectivity index (χ3v) is 5.83. The fourth-order valence-electron chi connectivity index (χ4n) is 4.02. The highest BCUT2D eigenvalue weighted by Crippen LogP contribution is 2.30. The Hall–Kier alpha value is -4.51. The number of amides is 1. The molecule has 8 heteroatoms. The van der Waals surface area contributed by atoms with E-state index in [0.29, 0.717) is 49.1 Å². The van der Waals surface area contributed by atoms with E-state index in [0.717, 1.165) is 11.3 Å². The van der Waals surface area contributed by atoms with E-state index >= 15 is 0 Å². The van der Waals surface area contributed by atoms with E-state index in [1.165, 1.54) is 0 Å². The number of furan rings is 1. The number of carbonyl (C=O) groups is 1. The fraction of sp³-hybridized carbons (Fsp3) is 0.222. The third-order valence-electron chi connectivity index (χ3n) is 5.83. The van der Waals surface area contributed by atoms with E-state index in [1.807, 2.05) is 71.3 Å². The highest BCUT2D eigenvalue weighted by atomic mass is 16.5. The average molecular weight is 469 g/mol. The monoisotopic (exact) mass is 468 g/mol. The van der Waals surface area contributed by atoms with Gasteiger partial charge >= 0.3 is 0 Å². The highest BCUT2D eigenvalue weighted by Gasteiger charge is 2.27. The van der Waals surface area contributed by atoms with Crippen molar-refractivity contribution in [3.63, 3.8) is 0 Å². The van der Waals surface area contributed by atoms with Crippen molar-refractivity contribution >= 4 is 11.8 Å². The van der Waals surface area contributed by atoms with E-state index in [9.17, 15) is 10.1 Å². The summed E-state index contributed by atoms with van der Waals surface area (Å²) < 4.78 is 17.5. The van der Waals surface area contributed by atoms with E-state index in [-0.39, 0.29) is 24.1 Å². The quantitative estimate of drug-likeness (QED) is 0.406. The molecule has 8 nitrogen and oxygen atoms in total. The predicted octanol–water partition coefficient (Wildman–Crippen LogP) is 4.66. The van der Waals surface area contributed by atoms with Gasteiger partial charge in [-0.1, -0.05) is 35.9 Å². The summed E-state index contributed by atoms with van der Waals surface area (Å²) in [6.07, 6.45) is 0. The van der Waals surface area contributed by atoms with Crippen molar-refractivity contribution in [2.24, 2.45) is 0 Å². The molecule has 3 heterocycles. The number of piperazine rings is 1. The molecular formula is C27H24N4O4. The molecule has 4 aromatic rings. The topological polar surface area (TPSA) is 95.7 Å². The number of oxazole rings is 1. The third kappa shape index (κ3) is 4.89. The SMILES string of the molecule is Cc1cccc(C(=O)N2CCN(c3oc(-c4ccc(COc5ccccc5)o4)nc3C#N)CC2)c1. The first-order chi connectivity index (χ1) is 17.1. The molecule has 2 aromatic carbocycles. The highest BCUT2D eigenvalue weighted by molar-refractivity contribution is 5.94. The smallest absolute Gasteiger partial charge is 0.266 e. The molecule has 1 fully saturated rings. The van der Waals surface area contributed by atoms with Crippen molar-refractivity contribution in [1.29, 1.82) is 5.26 Å². The van der Waals surface area contributed by atoms with Gasteiger partial charge in [-0.05, 0) is 43.3 Å². The van der Waals surface area contributed by atoms with E-state index < -0.39 is 0 Å². The Balaban J connectivity index is 1.25. The predicted molar refractivity (Wildman–Crippen MR) is 129 cm³/mol. The van der Waals surface area contributed by atoms with Crippen LogP contribution in [-0.2, 0) is 6.61 Å². The summed E-state index contributed by atoms with van der Waals surface area (Å²) in [7, 11) is 0. The zero-order valence-corrected chi connectivity index (χ0v) is 19.3. The van der Waals surface area contributed by atoms with Crippen LogP contribution in [-0.4, -0.2) is 42.0 Å². The molecule has 0 saturated carbocycles. The zero-order valence-electron chi connectivity index (χ0n) is 19.3. The van der Waals surface area contributed by atoms with Gasteiger partial charge in [0.1, 0.15) is 24.2 Å². The van der Waals surface area contributed by atoms with E-state index in [2.05, 4.69) is 11.1 Å². The number of para-hydroxylation sites is 1. The van der Waals surface area contributed by atoms with Crippen molar-refractivity contribution in [3.8, 4) is 23.5 Å². The van der Waals surface area contributed by atoms with Crippen molar-refractivity contribution < 1.29 is 18.4 Å². The number of aromatic nitrogens is 1. The summed E-state index contributed by atoms with van der Waals surface area (Å²) in [6.45, 7) is 4.35. The number of anilines is 1. The molecule has 0 spiro atoms. The first-order valence-corrected chi connectivity index (χ1v) is 11.4. The molecule has 0 bridgehead atoms. The minimum Gasteiger partial charge on any atom is -0.486 e. The van der Waals surface area contributed by atoms with Crippen LogP contribution < -0.4 is 9.64 Å². The fourth-order valence-corrected chi connectivity index (χ4v) is 4.02. The number of nitriles is 1. The summed E-state index contributed by atoms with van der Waals surface area (Å²) in [4.78, 5) is 20.9. The van der Waals surface area contributed by atoms with Crippen LogP contribution in [0, 0.1) is 18.3 Å². The number of rotatable bonds is 6. The molecule has 176 valence electrons. The summed E-state index contributed by atoms with van der Waals surface area (Å²) in [5.41, 5.74) is 1.93. The van der Waals surface area contributed by atoms with Gasteiger partial charge in [-0.25, -0.2) is 0 Å². The van der Waals surface area contributed by atoms with Gasteiger partial charge in [0.2, 0.25) is 11.6 Å². The van der Waals surface area contributed by atoms with E-state index in [1.54, 1.807) is 12.1 Å². The Morgan fingerprint density at radius 2 is 1.83 bits per heavy atom. The van der Waals surface area contributed by atoms with Crippen LogP contribution >= 0.6 is 0 Å². The van der Waals surface area contributed by atoms with Gasteiger partial charge in [0.05, 0.1) is 0 Å². The number of hydrogen-bond acceptors (Lipinski definition) is 7. The number of hydrogen-bond donors (Lipinski definition) is 0. The van der Waals surface area contributed by atoms with Crippen molar-refractivity contribution in [2.75, 3.05) is 31.1 Å². The van der Waals surface area contributed by atoms with Crippen molar-refractivity contribution in [1.82, 2.24) is 9.88 Å². The van der Waals surface area contributed by atoms with Crippen LogP contribution in [0.3, 0.4) is 0 Å². The lowest BCUT2D eigenvalue weighted by atomic mass is 10.1. The Labute approximate surface area is 203 Å². The Kier molecular flexibility index (Phi) is 6.22. The first kappa shape index (κ1) is 22.3. The van der Waals surface area contributed by atoms with Gasteiger partial charge in [0, 0.05) is 31.7 Å². The molecule has 0 atom stereocenters. The van der Waals surface area contributed by atoms with Gasteiger partial charge in [-0.15, -0.1) is 0 Å². The zero-order chi connectivity index (χ0) is 24.2. The van der Waals surface area contributed by atoms with Crippen LogP contribution in [0.15, 0.2) is 75.6 Å². The summed E-state index contributed by atoms with van der Waals surface area (Å²) in [5, 5.41) is 9.63. The van der Waals surface area contributed by atoms with Crippen LogP contribution in [0.4, 0.5) is 5.88 Å². The summed E-state index contributed by atoms with van der Waals surface area (Å²) >= 11 is 0. The molecule has 35 heavy (non-hydrogen) atoms. The molecule has 1 aliphatic heterocycles. The standard InChI is InChI=1S/C27H24N4O4/c1-19-6-5-7-20(16-19)26(32)30-12-14-31(15-13-30)27-23(17-28)29-25(35-27)24-11-10-22(34-24)18-33-21-8-3-2-4-9-21/h2-11,16H,12-15,18H2,1H3. The lowest BCUT2D eigenvalue weighted by Crippen LogP contribution is -2.48. The Bertz CT molecular complexity index is 1360. The maximum atomic E-state index is 12.9. The van der Waals surface area contributed by atoms with Crippen LogP contribution in [0.25, 0.3) is 11.7 Å². The van der Waals surface area contributed by atoms with Gasteiger partial charge in [0.25, 0.3) is 11.8 Å². The van der Waals surface area contributed by atoms with Crippen LogP contribution in [0.1, 0.15) is 27.4 Å². The number of aryl methyl sites for hydroxylation is 1. The molecule has 1 amide bonds. The molecule has 5 rings (SSSR count). The first-order valence-electron chi connectivity index (χ1n) is 11.4. The number of benzene rings is 2. The Morgan fingerprint density at radius 3 is 2.57 bits per heavy atom. The lowest BCUT2D eigenvalue weighted by molar-refractivity contribution is 0.0745. The molecular weight excluding hydrogens is 444 g/mol. The van der Waals surface area contributed by atoms with Gasteiger partial charge in [0.15, 0.2) is 5.76 Å². The van der Waals surface area contributed by atoms with Crippen molar-refractivity contribution in [3.05, 3.63) is 89.3 Å². The van der Waals surface area contributed by atoms with Crippen molar-refractivity contribution in [2.45, 2.75) is 13.5 Å². The largest absolute Gasteiger partial charge is 0.486 e. The number of carbonyl (C=O) groups excluding carboxylic acids is 1. The van der Waals surface area contributed by atoms with Gasteiger partial charge in [-0.3, -0.25) is 4.79 Å². The summed E-state index contributed by atoms with van der Waals surface area (Å²) in [6, 6.07) is 22.7. The molecule has 0 radical (unpaired) electrons.